The fraction of sp³-hybridized carbons (Fsp3) is 0.914. The number of carbonyl (C=O) groups is 3. The first-order valence-corrected chi connectivity index (χ1v) is 52.5. The first-order chi connectivity index (χ1) is 56.3. The number of nitrogens with zero attached hydrogens (tertiary/aromatic N) is 3. The van der Waals surface area contributed by atoms with Crippen LogP contribution in [-0.2, 0) is 0 Å². The van der Waals surface area contributed by atoms with E-state index in [9.17, 15) is 14.4 Å². The molecule has 0 aliphatic rings. The highest BCUT2D eigenvalue weighted by molar-refractivity contribution is 6.04. The maximum absolute atomic E-state index is 14.0. The average Bonchev–Trinajstić information content (AvgIpc) is 0.827. The Bertz CT molecular complexity index is 1790. The van der Waals surface area contributed by atoms with Crippen molar-refractivity contribution < 1.29 is 14.4 Å². The molecule has 9 nitrogen and oxygen atoms in total. The van der Waals surface area contributed by atoms with Gasteiger partial charge in [0.25, 0.3) is 17.7 Å². The van der Waals surface area contributed by atoms with Crippen LogP contribution in [0, 0.1) is 0 Å². The van der Waals surface area contributed by atoms with Crippen LogP contribution in [0.2, 0.25) is 0 Å². The molecule has 3 N–H and O–H groups in total. The van der Waals surface area contributed by atoms with Gasteiger partial charge in [-0.2, -0.15) is 0 Å². The van der Waals surface area contributed by atoms with Crippen LogP contribution in [0.15, 0.2) is 18.2 Å². The standard InChI is InChI=1S/C105H204N6O3/c1-7-13-19-25-31-37-43-52-64-76-88-109(89-77-65-53-44-38-32-26-20-14-8-2)94-82-70-58-49-61-73-85-106-103(112)100-97-101(104(113)107-86-74-62-50-59-71-83-95-110(90-78-66-54-45-39-33-27-21-15-9-3)91-79-67-55-46-40-34-28-22-16-10-4)99-102(98-100)105(114)108-87-75-63-51-60-72-84-96-111(92-80-68-56-47-41-35-29-23-17-11-5)93-81-69-57-48-42-36-30-24-18-12-6/h97-99H,7-96H2,1-6H3,(H,106,112)(H,107,113)(H,108,114). The molecule has 0 radical (unpaired) electrons. The van der Waals surface area contributed by atoms with Crippen molar-refractivity contribution >= 4 is 17.7 Å². The van der Waals surface area contributed by atoms with Gasteiger partial charge in [-0.25, -0.2) is 0 Å². The van der Waals surface area contributed by atoms with Gasteiger partial charge in [0.05, 0.1) is 0 Å². The third-order valence-electron chi connectivity index (χ3n) is 25.2. The SMILES string of the molecule is CCCCCCCCCCCCN(CCCCCCCCCCCC)CCCCCCCCNC(=O)c1cc(C(=O)NCCCCCCCCN(CCCCCCCCCCCC)CCCCCCCCCCCC)cc(C(=O)NCCCCCCCCN(CCCCCCCCCCCC)CCCCCCCCCCCC)c1. The van der Waals surface area contributed by atoms with Gasteiger partial charge in [0.1, 0.15) is 0 Å². The molecule has 1 aromatic rings. The van der Waals surface area contributed by atoms with E-state index in [1.54, 1.807) is 18.2 Å². The minimum Gasteiger partial charge on any atom is -0.352 e. The second kappa shape index (κ2) is 91.3. The second-order valence-electron chi connectivity index (χ2n) is 36.5. The van der Waals surface area contributed by atoms with E-state index in [1.807, 2.05) is 0 Å². The van der Waals surface area contributed by atoms with E-state index in [2.05, 4.69) is 72.2 Å². The van der Waals surface area contributed by atoms with Crippen LogP contribution in [0.3, 0.4) is 0 Å². The van der Waals surface area contributed by atoms with Crippen molar-refractivity contribution in [3.8, 4) is 0 Å². The molecule has 0 unspecified atom stereocenters. The van der Waals surface area contributed by atoms with Crippen molar-refractivity contribution in [2.24, 2.45) is 0 Å². The Morgan fingerprint density at radius 3 is 0.395 bits per heavy atom. The summed E-state index contributed by atoms with van der Waals surface area (Å²) in [6.45, 7) is 27.0. The summed E-state index contributed by atoms with van der Waals surface area (Å²) in [6, 6.07) is 5.13. The number of nitrogens with one attached hydrogen (secondary N) is 3. The van der Waals surface area contributed by atoms with Crippen LogP contribution < -0.4 is 16.0 Å². The quantitative estimate of drug-likeness (QED) is 0.0562. The molecule has 0 saturated carbocycles. The van der Waals surface area contributed by atoms with E-state index >= 15 is 0 Å². The van der Waals surface area contributed by atoms with Crippen molar-refractivity contribution in [1.82, 2.24) is 30.7 Å². The lowest BCUT2D eigenvalue weighted by molar-refractivity contribution is 0.0952. The van der Waals surface area contributed by atoms with Crippen molar-refractivity contribution in [3.63, 3.8) is 0 Å². The molecule has 114 heavy (non-hydrogen) atoms. The third kappa shape index (κ3) is 76.9. The number of rotatable bonds is 96. The monoisotopic (exact) mass is 1600 g/mol. The zero-order valence-electron chi connectivity index (χ0n) is 78.4. The van der Waals surface area contributed by atoms with Gasteiger partial charge >= 0.3 is 0 Å². The van der Waals surface area contributed by atoms with Crippen molar-refractivity contribution in [1.29, 1.82) is 0 Å². The molecule has 0 atom stereocenters. The summed E-state index contributed by atoms with van der Waals surface area (Å²) < 4.78 is 0. The predicted octanol–water partition coefficient (Wildman–Crippen LogP) is 32.3. The number of carbonyl (C=O) groups excluding carboxylic acids is 3. The lowest BCUT2D eigenvalue weighted by atomic mass is 10.0. The number of amides is 3. The molecule has 0 aromatic heterocycles. The Balaban J connectivity index is 2.88. The fourth-order valence-electron chi connectivity index (χ4n) is 17.4. The van der Waals surface area contributed by atoms with Gasteiger partial charge in [0, 0.05) is 36.3 Å². The minimum absolute atomic E-state index is 0.204. The summed E-state index contributed by atoms with van der Waals surface area (Å²) in [6.07, 6.45) is 105. The molecule has 0 bridgehead atoms. The molecule has 3 amide bonds. The molecule has 0 aliphatic carbocycles. The van der Waals surface area contributed by atoms with Crippen LogP contribution >= 0.6 is 0 Å². The highest BCUT2D eigenvalue weighted by Gasteiger charge is 2.18. The highest BCUT2D eigenvalue weighted by atomic mass is 16.2. The Labute approximate surface area is 714 Å². The summed E-state index contributed by atoms with van der Waals surface area (Å²) in [5, 5.41) is 9.57. The van der Waals surface area contributed by atoms with E-state index in [-0.39, 0.29) is 17.7 Å². The molecule has 0 fully saturated rings. The van der Waals surface area contributed by atoms with Gasteiger partial charge in [-0.3, -0.25) is 14.4 Å². The Morgan fingerprint density at radius 1 is 0.167 bits per heavy atom. The second-order valence-corrected chi connectivity index (χ2v) is 36.5. The molecule has 0 saturated heterocycles. The smallest absolute Gasteiger partial charge is 0.251 e. The molecular formula is C105H204N6O3. The summed E-state index contributed by atoms with van der Waals surface area (Å²) in [4.78, 5) is 50.4. The molecule has 9 heteroatoms. The van der Waals surface area contributed by atoms with Crippen LogP contribution in [0.5, 0.6) is 0 Å². The Kier molecular flexibility index (Phi) is 87.7. The summed E-state index contributed by atoms with van der Waals surface area (Å²) in [5.74, 6) is -0.611. The van der Waals surface area contributed by atoms with Gasteiger partial charge in [0.2, 0.25) is 0 Å². The van der Waals surface area contributed by atoms with Gasteiger partial charge in [-0.1, -0.05) is 465 Å². The minimum atomic E-state index is -0.204. The van der Waals surface area contributed by atoms with Crippen LogP contribution in [0.4, 0.5) is 0 Å². The largest absolute Gasteiger partial charge is 0.352 e. The van der Waals surface area contributed by atoms with E-state index < -0.39 is 0 Å². The Hall–Kier alpha value is -2.49. The van der Waals surface area contributed by atoms with Gasteiger partial charge in [0.15, 0.2) is 0 Å². The Morgan fingerprint density at radius 2 is 0.272 bits per heavy atom. The zero-order valence-corrected chi connectivity index (χ0v) is 78.4. The molecule has 672 valence electrons. The zero-order chi connectivity index (χ0) is 82.1. The summed E-state index contributed by atoms with van der Waals surface area (Å²) in [7, 11) is 0. The van der Waals surface area contributed by atoms with E-state index in [1.165, 1.54) is 521 Å². The number of hydrogen-bond donors (Lipinski definition) is 3. The molecule has 1 aromatic carbocycles. The van der Waals surface area contributed by atoms with Crippen LogP contribution in [-0.4, -0.2) is 111 Å². The first kappa shape index (κ1) is 110. The lowest BCUT2D eigenvalue weighted by Gasteiger charge is -2.22. The normalized spacial score (nSPS) is 11.8. The first-order valence-electron chi connectivity index (χ1n) is 52.5. The lowest BCUT2D eigenvalue weighted by Crippen LogP contribution is -2.29. The van der Waals surface area contributed by atoms with E-state index in [4.69, 9.17) is 0 Å². The number of benzene rings is 1. The third-order valence-corrected chi connectivity index (χ3v) is 25.2. The maximum atomic E-state index is 14.0. The molecule has 1 rings (SSSR count). The summed E-state index contributed by atoms with van der Waals surface area (Å²) in [5.41, 5.74) is 1.18. The maximum Gasteiger partial charge on any atom is 0.251 e. The van der Waals surface area contributed by atoms with E-state index in [0.717, 1.165) is 38.5 Å². The van der Waals surface area contributed by atoms with E-state index in [0.29, 0.717) is 36.3 Å². The van der Waals surface area contributed by atoms with Gasteiger partial charge in [-0.05, 0) is 154 Å². The molecular weight excluding hydrogens is 1390 g/mol. The van der Waals surface area contributed by atoms with Crippen molar-refractivity contribution in [3.05, 3.63) is 34.9 Å². The molecule has 0 aliphatic heterocycles. The van der Waals surface area contributed by atoms with Crippen LogP contribution in [0.25, 0.3) is 0 Å². The fourth-order valence-corrected chi connectivity index (χ4v) is 17.4. The number of unbranched alkanes of at least 4 members (excludes halogenated alkanes) is 69. The topological polar surface area (TPSA) is 97.0 Å². The number of hydrogen-bond acceptors (Lipinski definition) is 6. The van der Waals surface area contributed by atoms with Crippen molar-refractivity contribution in [2.75, 3.05) is 78.5 Å². The predicted molar refractivity (Wildman–Crippen MR) is 507 cm³/mol. The molecule has 0 spiro atoms. The highest BCUT2D eigenvalue weighted by Crippen LogP contribution is 2.21. The van der Waals surface area contributed by atoms with Gasteiger partial charge in [-0.15, -0.1) is 0 Å². The summed E-state index contributed by atoms with van der Waals surface area (Å²) >= 11 is 0. The van der Waals surface area contributed by atoms with Crippen molar-refractivity contribution in [2.45, 2.75) is 542 Å². The van der Waals surface area contributed by atoms with Gasteiger partial charge < -0.3 is 30.7 Å². The molecule has 0 heterocycles. The van der Waals surface area contributed by atoms with Crippen LogP contribution in [0.1, 0.15) is 573 Å². The average molecular weight is 1600 g/mol.